The Morgan fingerprint density at radius 3 is 1.94 bits per heavy atom. The molecule has 0 bridgehead atoms. The van der Waals surface area contributed by atoms with Crippen LogP contribution >= 0.6 is 11.8 Å². The van der Waals surface area contributed by atoms with Gasteiger partial charge in [0.15, 0.2) is 0 Å². The van der Waals surface area contributed by atoms with Crippen molar-refractivity contribution in [2.45, 2.75) is 58.0 Å². The fraction of sp³-hybridized carbons (Fsp3) is 1.00. The second-order valence-electron chi connectivity index (χ2n) is 5.63. The molecular weight excluding hydrogens is 230 g/mol. The standard InChI is InChI=1S/C12H22F2OS/c1-11(2,3)9-5-7-10(8-6-9)15-12(13,14)16-4/h9-10H,5-8H2,1-4H3. The molecule has 1 aliphatic rings. The van der Waals surface area contributed by atoms with Crippen LogP contribution in [0.3, 0.4) is 0 Å². The Kier molecular flexibility index (Phi) is 4.64. The van der Waals surface area contributed by atoms with Gasteiger partial charge in [-0.2, -0.15) is 8.78 Å². The predicted molar refractivity (Wildman–Crippen MR) is 64.7 cm³/mol. The normalized spacial score (nSPS) is 28.1. The first-order chi connectivity index (χ1) is 7.24. The van der Waals surface area contributed by atoms with Gasteiger partial charge >= 0.3 is 5.44 Å². The molecule has 0 unspecified atom stereocenters. The second-order valence-corrected chi connectivity index (χ2v) is 6.51. The highest BCUT2D eigenvalue weighted by Gasteiger charge is 2.36. The molecule has 0 N–H and O–H groups in total. The molecule has 1 aliphatic carbocycles. The molecule has 4 heteroatoms. The maximum Gasteiger partial charge on any atom is 0.407 e. The third-order valence-electron chi connectivity index (χ3n) is 3.44. The van der Waals surface area contributed by atoms with Crippen LogP contribution in [-0.4, -0.2) is 17.8 Å². The quantitative estimate of drug-likeness (QED) is 0.683. The van der Waals surface area contributed by atoms with Crippen molar-refractivity contribution in [3.63, 3.8) is 0 Å². The van der Waals surface area contributed by atoms with Gasteiger partial charge in [0, 0.05) is 0 Å². The van der Waals surface area contributed by atoms with E-state index in [1.165, 1.54) is 6.26 Å². The van der Waals surface area contributed by atoms with Crippen molar-refractivity contribution < 1.29 is 13.5 Å². The largest absolute Gasteiger partial charge is 0.407 e. The van der Waals surface area contributed by atoms with Crippen LogP contribution in [0.25, 0.3) is 0 Å². The average molecular weight is 252 g/mol. The average Bonchev–Trinajstić information content (AvgIpc) is 2.16. The van der Waals surface area contributed by atoms with E-state index in [0.717, 1.165) is 25.7 Å². The minimum Gasteiger partial charge on any atom is -0.308 e. The summed E-state index contributed by atoms with van der Waals surface area (Å²) < 4.78 is 30.8. The monoisotopic (exact) mass is 252 g/mol. The number of rotatable bonds is 3. The summed E-state index contributed by atoms with van der Waals surface area (Å²) in [5.41, 5.74) is -2.73. The van der Waals surface area contributed by atoms with E-state index in [1.54, 1.807) is 0 Å². The van der Waals surface area contributed by atoms with Gasteiger partial charge in [-0.3, -0.25) is 0 Å². The van der Waals surface area contributed by atoms with Gasteiger partial charge in [0.25, 0.3) is 0 Å². The Morgan fingerprint density at radius 2 is 1.56 bits per heavy atom. The van der Waals surface area contributed by atoms with Crippen molar-refractivity contribution in [2.24, 2.45) is 11.3 Å². The van der Waals surface area contributed by atoms with Crippen molar-refractivity contribution in [2.75, 3.05) is 6.26 Å². The molecule has 0 atom stereocenters. The highest BCUT2D eigenvalue weighted by Crippen LogP contribution is 2.40. The minimum atomic E-state index is -3.01. The van der Waals surface area contributed by atoms with Crippen LogP contribution in [-0.2, 0) is 4.74 Å². The first-order valence-corrected chi connectivity index (χ1v) is 7.08. The summed E-state index contributed by atoms with van der Waals surface area (Å²) in [6, 6.07) is 0. The van der Waals surface area contributed by atoms with E-state index >= 15 is 0 Å². The number of thioether (sulfide) groups is 1. The zero-order valence-electron chi connectivity index (χ0n) is 10.6. The highest BCUT2D eigenvalue weighted by molar-refractivity contribution is 7.99. The van der Waals surface area contributed by atoms with Crippen LogP contribution in [0, 0.1) is 11.3 Å². The lowest BCUT2D eigenvalue weighted by Gasteiger charge is -2.37. The van der Waals surface area contributed by atoms with Crippen molar-refractivity contribution in [3.05, 3.63) is 0 Å². The van der Waals surface area contributed by atoms with Crippen LogP contribution in [0.2, 0.25) is 0 Å². The zero-order chi connectivity index (χ0) is 12.4. The number of ether oxygens (including phenoxy) is 1. The van der Waals surface area contributed by atoms with E-state index in [0.29, 0.717) is 17.7 Å². The van der Waals surface area contributed by atoms with E-state index in [2.05, 4.69) is 20.8 Å². The highest BCUT2D eigenvalue weighted by atomic mass is 32.2. The minimum absolute atomic E-state index is 0.263. The van der Waals surface area contributed by atoms with Gasteiger partial charge in [0.05, 0.1) is 6.10 Å². The maximum absolute atomic E-state index is 13.0. The fourth-order valence-corrected chi connectivity index (χ4v) is 2.52. The van der Waals surface area contributed by atoms with E-state index < -0.39 is 5.44 Å². The molecule has 1 fully saturated rings. The third-order valence-corrected chi connectivity index (χ3v) is 4.01. The maximum atomic E-state index is 13.0. The molecule has 0 heterocycles. The lowest BCUT2D eigenvalue weighted by atomic mass is 9.72. The molecule has 0 aromatic rings. The molecule has 0 aliphatic heterocycles. The van der Waals surface area contributed by atoms with Crippen molar-refractivity contribution in [3.8, 4) is 0 Å². The van der Waals surface area contributed by atoms with Gasteiger partial charge in [-0.05, 0) is 43.3 Å². The molecule has 0 aromatic heterocycles. The lowest BCUT2D eigenvalue weighted by molar-refractivity contribution is -0.201. The van der Waals surface area contributed by atoms with Crippen molar-refractivity contribution in [1.82, 2.24) is 0 Å². The molecule has 0 aromatic carbocycles. The van der Waals surface area contributed by atoms with E-state index in [1.807, 2.05) is 0 Å². The topological polar surface area (TPSA) is 9.23 Å². The number of hydrogen-bond acceptors (Lipinski definition) is 2. The Morgan fingerprint density at radius 1 is 1.06 bits per heavy atom. The first-order valence-electron chi connectivity index (χ1n) is 5.85. The van der Waals surface area contributed by atoms with E-state index in [-0.39, 0.29) is 11.5 Å². The molecule has 96 valence electrons. The zero-order valence-corrected chi connectivity index (χ0v) is 11.4. The molecule has 1 saturated carbocycles. The van der Waals surface area contributed by atoms with Crippen LogP contribution in [0.4, 0.5) is 8.78 Å². The fourth-order valence-electron chi connectivity index (χ4n) is 2.29. The molecule has 1 rings (SSSR count). The molecule has 0 saturated heterocycles. The van der Waals surface area contributed by atoms with E-state index in [4.69, 9.17) is 4.74 Å². The van der Waals surface area contributed by atoms with Gasteiger partial charge in [-0.15, -0.1) is 0 Å². The molecule has 0 spiro atoms. The summed E-state index contributed by atoms with van der Waals surface area (Å²) in [7, 11) is 0. The summed E-state index contributed by atoms with van der Waals surface area (Å²) in [5, 5.41) is 0. The lowest BCUT2D eigenvalue weighted by Crippen LogP contribution is -2.32. The Bertz CT molecular complexity index is 218. The van der Waals surface area contributed by atoms with E-state index in [9.17, 15) is 8.78 Å². The second kappa shape index (κ2) is 5.21. The van der Waals surface area contributed by atoms with Crippen LogP contribution in [0.5, 0.6) is 0 Å². The third kappa shape index (κ3) is 4.21. The summed E-state index contributed by atoms with van der Waals surface area (Å²) >= 11 is 0.472. The Labute approximate surface area is 101 Å². The molecule has 0 radical (unpaired) electrons. The van der Waals surface area contributed by atoms with Gasteiger partial charge in [0.1, 0.15) is 0 Å². The summed E-state index contributed by atoms with van der Waals surface area (Å²) in [6.07, 6.45) is 4.63. The smallest absolute Gasteiger partial charge is 0.308 e. The Hall–Kier alpha value is 0.170. The summed E-state index contributed by atoms with van der Waals surface area (Å²) in [6.45, 7) is 6.65. The van der Waals surface area contributed by atoms with Gasteiger partial charge < -0.3 is 4.74 Å². The number of hydrogen-bond donors (Lipinski definition) is 0. The molecule has 1 nitrogen and oxygen atoms in total. The Balaban J connectivity index is 2.38. The van der Waals surface area contributed by atoms with Crippen LogP contribution in [0.1, 0.15) is 46.5 Å². The van der Waals surface area contributed by atoms with Crippen LogP contribution in [0.15, 0.2) is 0 Å². The van der Waals surface area contributed by atoms with Gasteiger partial charge in [-0.1, -0.05) is 32.5 Å². The van der Waals surface area contributed by atoms with Crippen molar-refractivity contribution >= 4 is 11.8 Å². The van der Waals surface area contributed by atoms with Gasteiger partial charge in [-0.25, -0.2) is 0 Å². The summed E-state index contributed by atoms with van der Waals surface area (Å²) in [5.74, 6) is 0.634. The molecular formula is C12H22F2OS. The first kappa shape index (κ1) is 14.2. The molecule has 0 amide bonds. The van der Waals surface area contributed by atoms with Crippen LogP contribution < -0.4 is 0 Å². The van der Waals surface area contributed by atoms with Gasteiger partial charge in [0.2, 0.25) is 0 Å². The predicted octanol–water partition coefficient (Wildman–Crippen LogP) is 4.52. The number of halogens is 2. The summed E-state index contributed by atoms with van der Waals surface area (Å²) in [4.78, 5) is 0. The number of alkyl halides is 2. The molecule has 16 heavy (non-hydrogen) atoms. The van der Waals surface area contributed by atoms with Crippen molar-refractivity contribution in [1.29, 1.82) is 0 Å². The SMILES string of the molecule is CSC(F)(F)OC1CCC(C(C)(C)C)CC1.